The van der Waals surface area contributed by atoms with Gasteiger partial charge in [0.1, 0.15) is 5.82 Å². The number of benzene rings is 1. The lowest BCUT2D eigenvalue weighted by molar-refractivity contribution is 0.171. The summed E-state index contributed by atoms with van der Waals surface area (Å²) in [5.41, 5.74) is 0.709. The molecule has 6 heteroatoms. The Morgan fingerprint density at radius 3 is 2.55 bits per heavy atom. The molecule has 114 valence electrons. The molecule has 1 heterocycles. The van der Waals surface area contributed by atoms with Crippen LogP contribution in [0.1, 0.15) is 18.0 Å². The summed E-state index contributed by atoms with van der Waals surface area (Å²) in [4.78, 5) is 2.30. The highest BCUT2D eigenvalue weighted by Gasteiger charge is 2.23. The van der Waals surface area contributed by atoms with Gasteiger partial charge in [-0.2, -0.15) is 0 Å². The summed E-state index contributed by atoms with van der Waals surface area (Å²) in [6.07, 6.45) is 2.60. The summed E-state index contributed by atoms with van der Waals surface area (Å²) < 4.78 is 14.0. The molecule has 0 bridgehead atoms. The average Bonchev–Trinajstić information content (AvgIpc) is 2.38. The van der Waals surface area contributed by atoms with Gasteiger partial charge in [-0.25, -0.2) is 4.39 Å². The summed E-state index contributed by atoms with van der Waals surface area (Å²) in [5, 5.41) is 3.74. The van der Waals surface area contributed by atoms with Gasteiger partial charge in [-0.05, 0) is 18.6 Å². The van der Waals surface area contributed by atoms with E-state index in [9.17, 15) is 4.39 Å². The van der Waals surface area contributed by atoms with Crippen LogP contribution in [0, 0.1) is 5.82 Å². The lowest BCUT2D eigenvalue weighted by atomic mass is 10.0. The van der Waals surface area contributed by atoms with Gasteiger partial charge < -0.3 is 5.32 Å². The monoisotopic (exact) mass is 340 g/mol. The normalized spacial score (nSPS) is 16.7. The second kappa shape index (κ2) is 9.59. The molecule has 0 unspecified atom stereocenters. The zero-order chi connectivity index (χ0) is 13.0. The fourth-order valence-corrected chi connectivity index (χ4v) is 2.55. The van der Waals surface area contributed by atoms with Gasteiger partial charge in [-0.3, -0.25) is 4.90 Å². The van der Waals surface area contributed by atoms with E-state index in [1.54, 1.807) is 12.1 Å². The van der Waals surface area contributed by atoms with Crippen molar-refractivity contribution in [3.63, 3.8) is 0 Å². The first-order valence-electron chi connectivity index (χ1n) is 6.23. The molecule has 20 heavy (non-hydrogen) atoms. The highest BCUT2D eigenvalue weighted by atomic mass is 35.5. The lowest BCUT2D eigenvalue weighted by Gasteiger charge is -2.35. The molecular weight excluding hydrogens is 322 g/mol. The van der Waals surface area contributed by atoms with E-state index in [2.05, 4.69) is 16.8 Å². The van der Waals surface area contributed by atoms with E-state index in [0.29, 0.717) is 10.6 Å². The van der Waals surface area contributed by atoms with Crippen LogP contribution in [-0.2, 0) is 0 Å². The van der Waals surface area contributed by atoms with Crippen molar-refractivity contribution in [2.24, 2.45) is 0 Å². The summed E-state index contributed by atoms with van der Waals surface area (Å²) >= 11 is 5.80. The topological polar surface area (TPSA) is 15.3 Å². The largest absolute Gasteiger partial charge is 0.314 e. The molecule has 0 spiro atoms. The average molecular weight is 342 g/mol. The van der Waals surface area contributed by atoms with Crippen molar-refractivity contribution in [2.45, 2.75) is 12.5 Å². The molecule has 1 aliphatic heterocycles. The Labute approximate surface area is 137 Å². The van der Waals surface area contributed by atoms with Gasteiger partial charge in [-0.1, -0.05) is 23.7 Å². The van der Waals surface area contributed by atoms with Gasteiger partial charge in [0.15, 0.2) is 0 Å². The maximum atomic E-state index is 14.0. The van der Waals surface area contributed by atoms with Crippen LogP contribution in [-0.4, -0.2) is 31.1 Å². The number of nitrogens with one attached hydrogen (secondary N) is 1. The second-order valence-electron chi connectivity index (χ2n) is 4.49. The third-order valence-corrected chi connectivity index (χ3v) is 3.54. The predicted octanol–water partition coefficient (Wildman–Crippen LogP) is 3.85. The van der Waals surface area contributed by atoms with Gasteiger partial charge in [0.05, 0.1) is 0 Å². The van der Waals surface area contributed by atoms with Crippen LogP contribution < -0.4 is 5.32 Å². The first kappa shape index (κ1) is 19.7. The minimum absolute atomic E-state index is 0. The zero-order valence-electron chi connectivity index (χ0n) is 11.1. The molecule has 0 amide bonds. The highest BCUT2D eigenvalue weighted by Crippen LogP contribution is 2.28. The molecule has 0 saturated carbocycles. The van der Waals surface area contributed by atoms with E-state index >= 15 is 0 Å². The summed E-state index contributed by atoms with van der Waals surface area (Å²) in [6, 6.07) is 4.98. The van der Waals surface area contributed by atoms with E-state index in [0.717, 1.165) is 32.6 Å². The second-order valence-corrected chi connectivity index (χ2v) is 4.93. The number of nitrogens with zero attached hydrogens (tertiary/aromatic N) is 1. The maximum Gasteiger partial charge on any atom is 0.129 e. The number of halogens is 4. The molecule has 2 nitrogen and oxygen atoms in total. The Kier molecular flexibility index (Phi) is 9.43. The third-order valence-electron chi connectivity index (χ3n) is 3.30. The fraction of sp³-hybridized carbons (Fsp3) is 0.429. The van der Waals surface area contributed by atoms with E-state index in [4.69, 9.17) is 11.6 Å². The Bertz CT molecular complexity index is 423. The summed E-state index contributed by atoms with van der Waals surface area (Å²) in [5.74, 6) is -0.229. The van der Waals surface area contributed by atoms with Crippen molar-refractivity contribution in [3.05, 3.63) is 47.3 Å². The zero-order valence-corrected chi connectivity index (χ0v) is 13.5. The molecular formula is C14H20Cl3FN2. The van der Waals surface area contributed by atoms with E-state index in [-0.39, 0.29) is 36.7 Å². The molecule has 2 rings (SSSR count). The van der Waals surface area contributed by atoms with Gasteiger partial charge in [0.2, 0.25) is 0 Å². The summed E-state index contributed by atoms with van der Waals surface area (Å²) in [6.45, 7) is 7.53. The summed E-state index contributed by atoms with van der Waals surface area (Å²) in [7, 11) is 0. The Morgan fingerprint density at radius 1 is 1.35 bits per heavy atom. The van der Waals surface area contributed by atoms with E-state index in [1.807, 2.05) is 6.08 Å². The minimum Gasteiger partial charge on any atom is -0.314 e. The lowest BCUT2D eigenvalue weighted by Crippen LogP contribution is -2.45. The Morgan fingerprint density at radius 2 is 2.00 bits per heavy atom. The molecule has 0 aromatic heterocycles. The highest BCUT2D eigenvalue weighted by molar-refractivity contribution is 6.30. The van der Waals surface area contributed by atoms with Crippen molar-refractivity contribution in [1.82, 2.24) is 10.2 Å². The Balaban J connectivity index is 0.00000180. The van der Waals surface area contributed by atoms with Crippen LogP contribution in [0.3, 0.4) is 0 Å². The van der Waals surface area contributed by atoms with E-state index < -0.39 is 0 Å². The van der Waals surface area contributed by atoms with Gasteiger partial charge in [0, 0.05) is 42.8 Å². The molecule has 1 saturated heterocycles. The van der Waals surface area contributed by atoms with Crippen LogP contribution in [0.5, 0.6) is 0 Å². The number of hydrogen-bond acceptors (Lipinski definition) is 2. The van der Waals surface area contributed by atoms with Crippen molar-refractivity contribution < 1.29 is 4.39 Å². The van der Waals surface area contributed by atoms with Gasteiger partial charge in [-0.15, -0.1) is 31.4 Å². The molecule has 1 aromatic carbocycles. The molecule has 1 aliphatic rings. The molecule has 1 aromatic rings. The molecule has 1 fully saturated rings. The fourth-order valence-electron chi connectivity index (χ4n) is 2.40. The first-order chi connectivity index (χ1) is 8.72. The quantitative estimate of drug-likeness (QED) is 0.837. The SMILES string of the molecule is C=CC[C@@H](c1ccc(Cl)cc1F)N1CCNCC1.Cl.Cl. The number of piperazine rings is 1. The Hall–Kier alpha value is -0.320. The van der Waals surface area contributed by atoms with Crippen LogP contribution in [0.15, 0.2) is 30.9 Å². The first-order valence-corrected chi connectivity index (χ1v) is 6.61. The number of rotatable bonds is 4. The molecule has 0 radical (unpaired) electrons. The molecule has 0 aliphatic carbocycles. The van der Waals surface area contributed by atoms with Crippen LogP contribution in [0.4, 0.5) is 4.39 Å². The van der Waals surface area contributed by atoms with Crippen molar-refractivity contribution in [2.75, 3.05) is 26.2 Å². The van der Waals surface area contributed by atoms with Gasteiger partial charge in [0.25, 0.3) is 0 Å². The standard InChI is InChI=1S/C14H18ClFN2.2ClH/c1-2-3-14(18-8-6-17-7-9-18)12-5-4-11(15)10-13(12)16;;/h2,4-5,10,14,17H,1,3,6-9H2;2*1H/t14-;;/m0../s1. The predicted molar refractivity (Wildman–Crippen MR) is 87.9 cm³/mol. The van der Waals surface area contributed by atoms with Crippen LogP contribution in [0.25, 0.3) is 0 Å². The molecule has 1 atom stereocenters. The van der Waals surface area contributed by atoms with Gasteiger partial charge >= 0.3 is 0 Å². The van der Waals surface area contributed by atoms with Crippen LogP contribution in [0.2, 0.25) is 5.02 Å². The van der Waals surface area contributed by atoms with Crippen molar-refractivity contribution in [1.29, 1.82) is 0 Å². The molecule has 1 N–H and O–H groups in total. The van der Waals surface area contributed by atoms with Crippen molar-refractivity contribution in [3.8, 4) is 0 Å². The van der Waals surface area contributed by atoms with Crippen molar-refractivity contribution >= 4 is 36.4 Å². The number of hydrogen-bond donors (Lipinski definition) is 1. The maximum absolute atomic E-state index is 14.0. The smallest absolute Gasteiger partial charge is 0.129 e. The minimum atomic E-state index is -0.229. The third kappa shape index (κ3) is 4.90. The van der Waals surface area contributed by atoms with Crippen LogP contribution >= 0.6 is 36.4 Å². The van der Waals surface area contributed by atoms with E-state index in [1.165, 1.54) is 6.07 Å².